The van der Waals surface area contributed by atoms with E-state index in [4.69, 9.17) is 32.9 Å². The number of fused-ring (bicyclic) bond motifs is 2. The second-order valence-electron chi connectivity index (χ2n) is 11.6. The van der Waals surface area contributed by atoms with Crippen molar-refractivity contribution < 1.29 is 9.53 Å². The van der Waals surface area contributed by atoms with E-state index in [1.165, 1.54) is 6.08 Å². The van der Waals surface area contributed by atoms with Crippen LogP contribution in [0.5, 0.6) is 6.01 Å². The van der Waals surface area contributed by atoms with Gasteiger partial charge in [0.2, 0.25) is 12.5 Å². The first-order valence-electron chi connectivity index (χ1n) is 14.5. The van der Waals surface area contributed by atoms with Crippen LogP contribution < -0.4 is 14.5 Å². The molecule has 0 spiro atoms. The Hall–Kier alpha value is -3.87. The maximum atomic E-state index is 12.5. The fourth-order valence-corrected chi connectivity index (χ4v) is 6.52. The minimum absolute atomic E-state index is 0.0303. The number of carbonyl (C=O) groups excluding carboxylic acids is 1. The maximum absolute atomic E-state index is 12.5. The molecular weight excluding hydrogens is 550 g/mol. The highest BCUT2D eigenvalue weighted by molar-refractivity contribution is 6.36. The third-order valence-electron chi connectivity index (χ3n) is 8.98. The molecule has 1 saturated heterocycles. The van der Waals surface area contributed by atoms with Crippen molar-refractivity contribution in [1.29, 1.82) is 0 Å². The van der Waals surface area contributed by atoms with Crippen molar-refractivity contribution in [2.45, 2.75) is 37.4 Å². The highest BCUT2D eigenvalue weighted by Crippen LogP contribution is 2.41. The molecule has 3 aromatic rings. The van der Waals surface area contributed by atoms with Gasteiger partial charge in [0.25, 0.3) is 0 Å². The Bertz CT molecular complexity index is 1560. The number of ether oxygens (including phenoxy) is 1. The van der Waals surface area contributed by atoms with E-state index in [-0.39, 0.29) is 24.0 Å². The molecule has 2 aliphatic heterocycles. The molecule has 2 aromatic carbocycles. The lowest BCUT2D eigenvalue weighted by molar-refractivity contribution is -0.128. The Morgan fingerprint density at radius 2 is 1.98 bits per heavy atom. The van der Waals surface area contributed by atoms with Gasteiger partial charge in [0, 0.05) is 42.8 Å². The number of benzene rings is 2. The van der Waals surface area contributed by atoms with Gasteiger partial charge in [-0.15, -0.1) is 0 Å². The summed E-state index contributed by atoms with van der Waals surface area (Å²) in [4.78, 5) is 34.6. The first kappa shape index (κ1) is 28.3. The molecule has 0 radical (unpaired) electrons. The van der Waals surface area contributed by atoms with Crippen LogP contribution in [0.4, 0.5) is 11.5 Å². The van der Waals surface area contributed by atoms with Crippen molar-refractivity contribution in [1.82, 2.24) is 19.8 Å². The predicted octanol–water partition coefficient (Wildman–Crippen LogP) is 4.44. The van der Waals surface area contributed by atoms with Crippen LogP contribution in [0.15, 0.2) is 49.1 Å². The van der Waals surface area contributed by atoms with E-state index in [2.05, 4.69) is 64.5 Å². The summed E-state index contributed by atoms with van der Waals surface area (Å²) in [6, 6.07) is 12.4. The van der Waals surface area contributed by atoms with Crippen molar-refractivity contribution in [2.75, 3.05) is 63.2 Å². The fraction of sp³-hybridized carbons (Fsp3) is 0.438. The summed E-state index contributed by atoms with van der Waals surface area (Å²) in [6.45, 7) is 14.9. The van der Waals surface area contributed by atoms with Gasteiger partial charge in [-0.1, -0.05) is 42.4 Å². The zero-order valence-corrected chi connectivity index (χ0v) is 25.0. The third-order valence-corrected chi connectivity index (χ3v) is 9.30. The third kappa shape index (κ3) is 5.25. The van der Waals surface area contributed by atoms with E-state index in [0.29, 0.717) is 38.8 Å². The molecule has 0 bridgehead atoms. The molecule has 1 aromatic heterocycles. The van der Waals surface area contributed by atoms with E-state index in [1.807, 2.05) is 12.1 Å². The molecule has 1 amide bonds. The van der Waals surface area contributed by atoms with Crippen molar-refractivity contribution in [3.8, 4) is 6.01 Å². The molecule has 3 aliphatic rings. The van der Waals surface area contributed by atoms with Crippen molar-refractivity contribution in [3.05, 3.63) is 76.8 Å². The summed E-state index contributed by atoms with van der Waals surface area (Å²) in [6.07, 6.45) is 4.26. The van der Waals surface area contributed by atoms with Gasteiger partial charge in [-0.3, -0.25) is 4.79 Å². The van der Waals surface area contributed by atoms with Crippen molar-refractivity contribution in [3.63, 3.8) is 0 Å². The number of carbonyl (C=O) groups is 1. The molecule has 2 fully saturated rings. The zero-order valence-electron chi connectivity index (χ0n) is 24.2. The van der Waals surface area contributed by atoms with Crippen LogP contribution >= 0.6 is 11.6 Å². The van der Waals surface area contributed by atoms with Crippen molar-refractivity contribution >= 4 is 39.8 Å². The molecule has 0 N–H and O–H groups in total. The maximum Gasteiger partial charge on any atom is 0.318 e. The van der Waals surface area contributed by atoms with Crippen LogP contribution in [0.25, 0.3) is 15.6 Å². The number of likely N-dealkylation sites (N-methyl/N-ethyl adjacent to an activating group) is 1. The Labute approximate surface area is 252 Å². The summed E-state index contributed by atoms with van der Waals surface area (Å²) in [5.74, 6) is 0.709. The highest BCUT2D eigenvalue weighted by Gasteiger charge is 2.46. The predicted molar refractivity (Wildman–Crippen MR) is 166 cm³/mol. The number of halogens is 1. The van der Waals surface area contributed by atoms with Crippen LogP contribution in [0.1, 0.15) is 24.1 Å². The monoisotopic (exact) mass is 585 g/mol. The van der Waals surface area contributed by atoms with Crippen LogP contribution in [0, 0.1) is 6.57 Å². The minimum Gasteiger partial charge on any atom is -0.461 e. The van der Waals surface area contributed by atoms with E-state index in [9.17, 15) is 4.79 Å². The van der Waals surface area contributed by atoms with Gasteiger partial charge in [0.15, 0.2) is 0 Å². The topological polar surface area (TPSA) is 69.4 Å². The number of hydrogen-bond acceptors (Lipinski definition) is 7. The van der Waals surface area contributed by atoms with Gasteiger partial charge >= 0.3 is 6.01 Å². The van der Waals surface area contributed by atoms with Gasteiger partial charge in [-0.05, 0) is 57.0 Å². The Morgan fingerprint density at radius 1 is 1.19 bits per heavy atom. The van der Waals surface area contributed by atoms with Gasteiger partial charge in [0.05, 0.1) is 22.8 Å². The number of anilines is 2. The normalized spacial score (nSPS) is 19.4. The second-order valence-corrected chi connectivity index (χ2v) is 12.0. The molecule has 6 rings (SSSR count). The number of rotatable bonds is 8. The average molecular weight is 586 g/mol. The molecule has 9 nitrogen and oxygen atoms in total. The van der Waals surface area contributed by atoms with E-state index < -0.39 is 0 Å². The second kappa shape index (κ2) is 11.4. The Kier molecular flexibility index (Phi) is 7.69. The lowest BCUT2D eigenvalue weighted by Gasteiger charge is -2.41. The molecular formula is C32H36ClN7O2. The fourth-order valence-electron chi connectivity index (χ4n) is 6.24. The summed E-state index contributed by atoms with van der Waals surface area (Å²) < 4.78 is 6.32. The van der Waals surface area contributed by atoms with Crippen LogP contribution in [0.3, 0.4) is 0 Å². The molecule has 42 heavy (non-hydrogen) atoms. The summed E-state index contributed by atoms with van der Waals surface area (Å²) in [5.41, 5.74) is 3.16. The summed E-state index contributed by atoms with van der Waals surface area (Å²) >= 11 is 6.69. The average Bonchev–Trinajstić information content (AvgIpc) is 3.80. The number of nitrogens with zero attached hydrogens (tertiary/aromatic N) is 7. The number of hydrogen-bond donors (Lipinski definition) is 0. The molecule has 1 saturated carbocycles. The summed E-state index contributed by atoms with van der Waals surface area (Å²) in [7, 11) is 4.18. The van der Waals surface area contributed by atoms with Gasteiger partial charge in [-0.25, -0.2) is 6.57 Å². The smallest absolute Gasteiger partial charge is 0.318 e. The SMILES string of the molecule is [C-]#[N+]CC1CN(c2nc(OCC3(N(C)C)CC3)nc3c2CCN(c2cccc4cccc(Cl)c24)C3)CCN1C(=O)C=C. The van der Waals surface area contributed by atoms with E-state index in [1.54, 1.807) is 4.90 Å². The van der Waals surface area contributed by atoms with Crippen LogP contribution in [0.2, 0.25) is 5.02 Å². The first-order valence-corrected chi connectivity index (χ1v) is 14.8. The Morgan fingerprint density at radius 3 is 2.69 bits per heavy atom. The minimum atomic E-state index is -0.238. The molecule has 218 valence electrons. The van der Waals surface area contributed by atoms with Gasteiger partial charge in [-0.2, -0.15) is 9.97 Å². The number of piperazine rings is 1. The lowest BCUT2D eigenvalue weighted by atomic mass is 10.0. The lowest BCUT2D eigenvalue weighted by Crippen LogP contribution is -2.56. The molecule has 1 aliphatic carbocycles. The molecule has 1 unspecified atom stereocenters. The van der Waals surface area contributed by atoms with Crippen molar-refractivity contribution in [2.24, 2.45) is 0 Å². The molecule has 1 atom stereocenters. The number of aromatic nitrogens is 2. The molecule has 3 heterocycles. The van der Waals surface area contributed by atoms with Gasteiger partial charge in [0.1, 0.15) is 18.5 Å². The molecule has 10 heteroatoms. The van der Waals surface area contributed by atoms with Crippen LogP contribution in [-0.2, 0) is 17.8 Å². The number of amides is 1. The zero-order chi connectivity index (χ0) is 29.4. The quantitative estimate of drug-likeness (QED) is 0.286. The van der Waals surface area contributed by atoms with E-state index >= 15 is 0 Å². The summed E-state index contributed by atoms with van der Waals surface area (Å²) in [5, 5.41) is 2.88. The first-order chi connectivity index (χ1) is 20.3. The van der Waals surface area contributed by atoms with Crippen LogP contribution in [-0.4, -0.2) is 90.7 Å². The van der Waals surface area contributed by atoms with E-state index in [0.717, 1.165) is 64.4 Å². The standard InChI is InChI=1S/C32H36ClN7O2/c1-5-28(41)40-17-16-39(19-23(40)18-34-2)30-24-12-15-38(27-11-7-9-22-8-6-10-25(33)29(22)27)20-26(24)35-31(36-30)42-21-32(13-14-32)37(3)4/h5-11,23H,1,12-21H2,3-4H3. The van der Waals surface area contributed by atoms with Gasteiger partial charge < -0.3 is 29.2 Å². The highest BCUT2D eigenvalue weighted by atomic mass is 35.5. The largest absolute Gasteiger partial charge is 0.461 e. The Balaban J connectivity index is 1.35.